The lowest BCUT2D eigenvalue weighted by molar-refractivity contribution is 0.308. The van der Waals surface area contributed by atoms with E-state index in [-0.39, 0.29) is 0 Å². The van der Waals surface area contributed by atoms with Crippen molar-refractivity contribution in [2.75, 3.05) is 6.54 Å². The Kier molecular flexibility index (Phi) is 8.05. The number of hydrogen-bond acceptors (Lipinski definition) is 2. The highest BCUT2D eigenvalue weighted by Gasteiger charge is 2.21. The van der Waals surface area contributed by atoms with E-state index in [1.807, 2.05) is 0 Å². The normalized spacial score (nSPS) is 22.4. The smallest absolute Gasteiger partial charge is 0.185 e. The molecule has 0 aromatic rings. The first kappa shape index (κ1) is 16.4. The fraction of sp³-hybridized carbons (Fsp3) is 0.846. The topological polar surface area (TPSA) is 48.1 Å². The van der Waals surface area contributed by atoms with Crippen LogP contribution < -0.4 is 21.5 Å². The van der Waals surface area contributed by atoms with Gasteiger partial charge in [-0.05, 0) is 49.6 Å². The Morgan fingerprint density at radius 1 is 1.11 bits per heavy atom. The van der Waals surface area contributed by atoms with Crippen LogP contribution in [-0.4, -0.2) is 22.8 Å². The van der Waals surface area contributed by atoms with E-state index >= 15 is 0 Å². The number of nitrogens with one attached hydrogen (secondary N) is 4. The van der Waals surface area contributed by atoms with Crippen molar-refractivity contribution in [2.24, 2.45) is 5.92 Å². The van der Waals surface area contributed by atoms with Crippen molar-refractivity contribution in [1.82, 2.24) is 21.5 Å². The Hall–Kier alpha value is -0.620. The molecule has 1 aliphatic rings. The first-order valence-electron chi connectivity index (χ1n) is 7.23. The van der Waals surface area contributed by atoms with Gasteiger partial charge in [-0.15, -0.1) is 0 Å². The third-order valence-corrected chi connectivity index (χ3v) is 4.00. The van der Waals surface area contributed by atoms with E-state index in [2.05, 4.69) is 35.3 Å². The summed E-state index contributed by atoms with van der Waals surface area (Å²) in [6, 6.07) is 0.483. The molecule has 2 atom stereocenters. The lowest BCUT2D eigenvalue weighted by Gasteiger charge is -2.30. The second-order valence-electron chi connectivity index (χ2n) is 5.20. The van der Waals surface area contributed by atoms with Crippen molar-refractivity contribution >= 4 is 34.7 Å². The molecular formula is C13H26N4S2. The summed E-state index contributed by atoms with van der Waals surface area (Å²) in [5.41, 5.74) is 5.86. The lowest BCUT2D eigenvalue weighted by atomic mass is 9.86. The molecule has 1 saturated carbocycles. The molecule has 1 rings (SSSR count). The fourth-order valence-electron chi connectivity index (χ4n) is 2.27. The molecule has 1 aliphatic carbocycles. The standard InChI is InChI=1S/C13H26N4S2/c1-3-4-9-14-12(18)16-17-13(19)15-11-8-6-5-7-10(11)2/h10-11H,3-9H2,1-2H3,(H2,14,16,18)(H2,15,17,19)/t10-,11+/m1/s1. The van der Waals surface area contributed by atoms with E-state index < -0.39 is 0 Å². The SMILES string of the molecule is CCCCNC(=S)NNC(=S)N[C@H]1CCCC[C@H]1C. The summed E-state index contributed by atoms with van der Waals surface area (Å²) in [5.74, 6) is 0.683. The second-order valence-corrected chi connectivity index (χ2v) is 6.02. The molecule has 19 heavy (non-hydrogen) atoms. The minimum atomic E-state index is 0.483. The van der Waals surface area contributed by atoms with E-state index in [4.69, 9.17) is 24.4 Å². The highest BCUT2D eigenvalue weighted by atomic mass is 32.1. The van der Waals surface area contributed by atoms with Crippen LogP contribution in [0.3, 0.4) is 0 Å². The van der Waals surface area contributed by atoms with Gasteiger partial charge in [0.2, 0.25) is 0 Å². The highest BCUT2D eigenvalue weighted by Crippen LogP contribution is 2.23. The minimum absolute atomic E-state index is 0.483. The summed E-state index contributed by atoms with van der Waals surface area (Å²) < 4.78 is 0. The zero-order valence-corrected chi connectivity index (χ0v) is 13.6. The minimum Gasteiger partial charge on any atom is -0.361 e. The molecule has 4 nitrogen and oxygen atoms in total. The van der Waals surface area contributed by atoms with E-state index in [1.165, 1.54) is 25.7 Å². The molecule has 110 valence electrons. The van der Waals surface area contributed by atoms with Gasteiger partial charge < -0.3 is 10.6 Å². The molecule has 0 aliphatic heterocycles. The number of hydrogen-bond donors (Lipinski definition) is 4. The Balaban J connectivity index is 2.14. The highest BCUT2D eigenvalue weighted by molar-refractivity contribution is 7.80. The number of thiocarbonyl (C=S) groups is 2. The van der Waals surface area contributed by atoms with Crippen LogP contribution in [0.5, 0.6) is 0 Å². The van der Waals surface area contributed by atoms with Crippen molar-refractivity contribution < 1.29 is 0 Å². The third-order valence-electron chi connectivity index (χ3n) is 3.53. The number of rotatable bonds is 4. The average molecular weight is 303 g/mol. The predicted octanol–water partition coefficient (Wildman–Crippen LogP) is 2.21. The number of hydrazine groups is 1. The van der Waals surface area contributed by atoms with E-state index in [9.17, 15) is 0 Å². The molecule has 0 spiro atoms. The van der Waals surface area contributed by atoms with E-state index in [0.717, 1.165) is 19.4 Å². The number of unbranched alkanes of at least 4 members (excludes halogenated alkanes) is 1. The first-order chi connectivity index (χ1) is 9.13. The second kappa shape index (κ2) is 9.31. The largest absolute Gasteiger partial charge is 0.361 e. The summed E-state index contributed by atoms with van der Waals surface area (Å²) in [6.45, 7) is 5.33. The quantitative estimate of drug-likeness (QED) is 0.363. The molecule has 4 N–H and O–H groups in total. The van der Waals surface area contributed by atoms with E-state index in [0.29, 0.717) is 22.2 Å². The maximum Gasteiger partial charge on any atom is 0.185 e. The maximum absolute atomic E-state index is 5.27. The molecule has 0 unspecified atom stereocenters. The Morgan fingerprint density at radius 3 is 2.47 bits per heavy atom. The van der Waals surface area contributed by atoms with Gasteiger partial charge in [0, 0.05) is 12.6 Å². The van der Waals surface area contributed by atoms with Crippen molar-refractivity contribution in [2.45, 2.75) is 58.4 Å². The van der Waals surface area contributed by atoms with Gasteiger partial charge in [0.1, 0.15) is 0 Å². The molecule has 6 heteroatoms. The molecular weight excluding hydrogens is 276 g/mol. The van der Waals surface area contributed by atoms with Crippen molar-refractivity contribution in [3.8, 4) is 0 Å². The van der Waals surface area contributed by atoms with E-state index in [1.54, 1.807) is 0 Å². The summed E-state index contributed by atoms with van der Waals surface area (Å²) in [7, 11) is 0. The maximum atomic E-state index is 5.27. The van der Waals surface area contributed by atoms with Gasteiger partial charge in [0.15, 0.2) is 10.2 Å². The van der Waals surface area contributed by atoms with Crippen LogP contribution in [-0.2, 0) is 0 Å². The third kappa shape index (κ3) is 6.92. The summed E-state index contributed by atoms with van der Waals surface area (Å²) in [5, 5.41) is 7.70. The van der Waals surface area contributed by atoms with Crippen LogP contribution in [0.4, 0.5) is 0 Å². The summed E-state index contributed by atoms with van der Waals surface area (Å²) in [6.07, 6.45) is 7.37. The van der Waals surface area contributed by atoms with Gasteiger partial charge in [0.05, 0.1) is 0 Å². The van der Waals surface area contributed by atoms with Crippen LogP contribution in [0.1, 0.15) is 52.4 Å². The monoisotopic (exact) mass is 302 g/mol. The van der Waals surface area contributed by atoms with Gasteiger partial charge in [-0.2, -0.15) is 0 Å². The van der Waals surface area contributed by atoms with Crippen LogP contribution in [0.25, 0.3) is 0 Å². The van der Waals surface area contributed by atoms with Gasteiger partial charge in [-0.1, -0.05) is 33.1 Å². The zero-order valence-electron chi connectivity index (χ0n) is 11.9. The Labute approximate surface area is 127 Å². The van der Waals surface area contributed by atoms with Gasteiger partial charge >= 0.3 is 0 Å². The molecule has 0 heterocycles. The van der Waals surface area contributed by atoms with Crippen molar-refractivity contribution in [3.05, 3.63) is 0 Å². The van der Waals surface area contributed by atoms with Crippen LogP contribution in [0, 0.1) is 5.92 Å². The van der Waals surface area contributed by atoms with Gasteiger partial charge in [0.25, 0.3) is 0 Å². The average Bonchev–Trinajstić information content (AvgIpc) is 2.39. The molecule has 0 radical (unpaired) electrons. The Bertz CT molecular complexity index is 296. The van der Waals surface area contributed by atoms with Crippen molar-refractivity contribution in [3.63, 3.8) is 0 Å². The van der Waals surface area contributed by atoms with Gasteiger partial charge in [-0.3, -0.25) is 10.9 Å². The predicted molar refractivity (Wildman–Crippen MR) is 88.9 cm³/mol. The Morgan fingerprint density at radius 2 is 1.79 bits per heavy atom. The zero-order chi connectivity index (χ0) is 14.1. The molecule has 0 aromatic carbocycles. The van der Waals surface area contributed by atoms with Crippen LogP contribution in [0.2, 0.25) is 0 Å². The van der Waals surface area contributed by atoms with Crippen LogP contribution in [0.15, 0.2) is 0 Å². The summed E-state index contributed by atoms with van der Waals surface area (Å²) in [4.78, 5) is 0. The molecule has 1 fully saturated rings. The van der Waals surface area contributed by atoms with Gasteiger partial charge in [-0.25, -0.2) is 0 Å². The molecule has 0 aromatic heterocycles. The molecule has 0 amide bonds. The molecule has 0 saturated heterocycles. The van der Waals surface area contributed by atoms with Crippen molar-refractivity contribution in [1.29, 1.82) is 0 Å². The van der Waals surface area contributed by atoms with Crippen LogP contribution >= 0.6 is 24.4 Å². The fourth-order valence-corrected chi connectivity index (χ4v) is 2.63. The summed E-state index contributed by atoms with van der Waals surface area (Å²) >= 11 is 10.4. The lowest BCUT2D eigenvalue weighted by Crippen LogP contribution is -2.53. The first-order valence-corrected chi connectivity index (χ1v) is 8.05. The molecule has 0 bridgehead atoms.